The summed E-state index contributed by atoms with van der Waals surface area (Å²) < 4.78 is 6.12. The van der Waals surface area contributed by atoms with Crippen LogP contribution < -0.4 is 21.3 Å². The fourth-order valence-electron chi connectivity index (χ4n) is 3.60. The van der Waals surface area contributed by atoms with Crippen molar-refractivity contribution in [2.75, 3.05) is 61.9 Å². The number of amides is 2. The molecule has 1 aliphatic rings. The predicted molar refractivity (Wildman–Crippen MR) is 139 cm³/mol. The number of aromatic nitrogens is 4. The van der Waals surface area contributed by atoms with Crippen LogP contribution in [0.25, 0.3) is 0 Å². The van der Waals surface area contributed by atoms with Crippen LogP contribution in [0.3, 0.4) is 0 Å². The topological polar surface area (TPSA) is 132 Å². The van der Waals surface area contributed by atoms with Crippen LogP contribution in [-0.4, -0.2) is 76.8 Å². The third-order valence-electron chi connectivity index (χ3n) is 5.39. The molecule has 4 rings (SSSR count). The monoisotopic (exact) mass is 543 g/mol. The molecule has 0 radical (unpaired) electrons. The summed E-state index contributed by atoms with van der Waals surface area (Å²) in [7, 11) is 0. The summed E-state index contributed by atoms with van der Waals surface area (Å²) in [6, 6.07) is 7.19. The largest absolute Gasteiger partial charge is 0.379 e. The first-order chi connectivity index (χ1) is 17.2. The van der Waals surface area contributed by atoms with Gasteiger partial charge < -0.3 is 31.0 Å². The van der Waals surface area contributed by atoms with Gasteiger partial charge in [0.1, 0.15) is 5.82 Å². The van der Waals surface area contributed by atoms with E-state index in [9.17, 15) is 4.79 Å². The lowest BCUT2D eigenvalue weighted by Gasteiger charge is -2.26. The Morgan fingerprint density at radius 1 is 1.17 bits per heavy atom. The van der Waals surface area contributed by atoms with E-state index >= 15 is 0 Å². The summed E-state index contributed by atoms with van der Waals surface area (Å²) in [5, 5.41) is 12.3. The zero-order valence-electron chi connectivity index (χ0n) is 19.4. The molecule has 0 aliphatic carbocycles. The highest BCUT2D eigenvalue weighted by molar-refractivity contribution is 9.10. The highest BCUT2D eigenvalue weighted by Gasteiger charge is 2.10. The minimum atomic E-state index is -0.229. The van der Waals surface area contributed by atoms with Crippen molar-refractivity contribution >= 4 is 45.1 Å². The van der Waals surface area contributed by atoms with Crippen LogP contribution in [0.2, 0.25) is 0 Å². The lowest BCUT2D eigenvalue weighted by molar-refractivity contribution is 0.0375. The van der Waals surface area contributed by atoms with Crippen molar-refractivity contribution in [3.8, 4) is 0 Å². The number of H-pyrrole nitrogens is 1. The molecule has 1 aliphatic heterocycles. The lowest BCUT2D eigenvalue weighted by atomic mass is 10.3. The molecule has 0 spiro atoms. The molecule has 0 saturated carbocycles. The number of urea groups is 1. The second-order valence-electron chi connectivity index (χ2n) is 8.02. The Morgan fingerprint density at radius 2 is 2.03 bits per heavy atom. The minimum Gasteiger partial charge on any atom is -0.379 e. The van der Waals surface area contributed by atoms with Gasteiger partial charge in [0.15, 0.2) is 0 Å². The van der Waals surface area contributed by atoms with E-state index in [-0.39, 0.29) is 6.03 Å². The number of imidazole rings is 1. The third kappa shape index (κ3) is 8.19. The van der Waals surface area contributed by atoms with E-state index in [1.807, 2.05) is 30.5 Å². The van der Waals surface area contributed by atoms with Gasteiger partial charge in [-0.1, -0.05) is 6.07 Å². The Balaban J connectivity index is 1.24. The summed E-state index contributed by atoms with van der Waals surface area (Å²) in [5.41, 5.74) is 2.42. The number of nitrogens with one attached hydrogen (secondary N) is 5. The zero-order valence-corrected chi connectivity index (χ0v) is 21.0. The van der Waals surface area contributed by atoms with Crippen LogP contribution in [0.15, 0.2) is 47.5 Å². The number of nitrogens with zero attached hydrogens (tertiary/aromatic N) is 4. The van der Waals surface area contributed by atoms with Gasteiger partial charge in [0.05, 0.1) is 29.7 Å². The van der Waals surface area contributed by atoms with Gasteiger partial charge in [0.25, 0.3) is 0 Å². The summed E-state index contributed by atoms with van der Waals surface area (Å²) in [6.45, 7) is 5.73. The zero-order chi connectivity index (χ0) is 24.3. The Hall–Kier alpha value is -3.22. The molecule has 5 N–H and O–H groups in total. The summed E-state index contributed by atoms with van der Waals surface area (Å²) >= 11 is 3.48. The standard InChI is InChI=1S/C23H30BrN9O2/c24-20-15-28-22(32-21(20)26-7-5-19-14-25-16-29-19)30-17-3-1-4-18(13-17)31-23(34)27-6-2-8-33-9-11-35-12-10-33/h1,3-4,13-16H,2,5-12H2,(H,25,29)(H2,27,31,34)(H2,26,28,30,32). The predicted octanol–water partition coefficient (Wildman–Crippen LogP) is 3.20. The van der Waals surface area contributed by atoms with Gasteiger partial charge >= 0.3 is 6.03 Å². The van der Waals surface area contributed by atoms with E-state index in [0.717, 1.165) is 61.5 Å². The first-order valence-corrected chi connectivity index (χ1v) is 12.4. The van der Waals surface area contributed by atoms with E-state index < -0.39 is 0 Å². The van der Waals surface area contributed by atoms with Gasteiger partial charge in [-0.15, -0.1) is 0 Å². The molecular formula is C23H30BrN9O2. The molecule has 3 heterocycles. The number of anilines is 4. The molecule has 0 bridgehead atoms. The van der Waals surface area contributed by atoms with Gasteiger partial charge in [-0.2, -0.15) is 4.98 Å². The van der Waals surface area contributed by atoms with Crippen LogP contribution in [0.5, 0.6) is 0 Å². The van der Waals surface area contributed by atoms with Crippen LogP contribution in [-0.2, 0) is 11.2 Å². The average Bonchev–Trinajstić information content (AvgIpc) is 3.38. The van der Waals surface area contributed by atoms with E-state index in [2.05, 4.69) is 62.0 Å². The quantitative estimate of drug-likeness (QED) is 0.233. The Bertz CT molecular complexity index is 1070. The number of hydrogen-bond donors (Lipinski definition) is 5. The van der Waals surface area contributed by atoms with Gasteiger partial charge in [0, 0.05) is 56.4 Å². The number of carbonyl (C=O) groups is 1. The number of benzene rings is 1. The molecule has 35 heavy (non-hydrogen) atoms. The normalized spacial score (nSPS) is 13.9. The summed E-state index contributed by atoms with van der Waals surface area (Å²) in [4.78, 5) is 30.7. The Morgan fingerprint density at radius 3 is 2.86 bits per heavy atom. The minimum absolute atomic E-state index is 0.229. The maximum Gasteiger partial charge on any atom is 0.319 e. The van der Waals surface area contributed by atoms with E-state index in [1.165, 1.54) is 0 Å². The fraction of sp³-hybridized carbons (Fsp3) is 0.391. The van der Waals surface area contributed by atoms with Gasteiger partial charge in [0.2, 0.25) is 5.95 Å². The second-order valence-corrected chi connectivity index (χ2v) is 8.88. The number of hydrogen-bond acceptors (Lipinski definition) is 8. The van der Waals surface area contributed by atoms with Crippen molar-refractivity contribution in [3.63, 3.8) is 0 Å². The fourth-order valence-corrected chi connectivity index (χ4v) is 3.93. The number of halogens is 1. The molecule has 2 amide bonds. The second kappa shape index (κ2) is 13.0. The van der Waals surface area contributed by atoms with Crippen molar-refractivity contribution < 1.29 is 9.53 Å². The Labute approximate surface area is 212 Å². The van der Waals surface area contributed by atoms with Gasteiger partial charge in [-0.25, -0.2) is 14.8 Å². The molecule has 186 valence electrons. The molecule has 1 saturated heterocycles. The van der Waals surface area contributed by atoms with Crippen molar-refractivity contribution in [2.45, 2.75) is 12.8 Å². The summed E-state index contributed by atoms with van der Waals surface area (Å²) in [6.07, 6.45) is 6.89. The molecule has 11 nitrogen and oxygen atoms in total. The van der Waals surface area contributed by atoms with Crippen molar-refractivity contribution in [3.05, 3.63) is 53.2 Å². The van der Waals surface area contributed by atoms with Gasteiger partial charge in [-0.05, 0) is 47.1 Å². The molecule has 3 aromatic rings. The third-order valence-corrected chi connectivity index (χ3v) is 5.97. The van der Waals surface area contributed by atoms with Crippen LogP contribution >= 0.6 is 15.9 Å². The summed E-state index contributed by atoms with van der Waals surface area (Å²) in [5.74, 6) is 1.13. The SMILES string of the molecule is O=C(NCCCN1CCOCC1)Nc1cccc(Nc2ncc(Br)c(NCCc3c[nH]cn3)n2)c1. The molecule has 1 fully saturated rings. The maximum absolute atomic E-state index is 12.3. The number of rotatable bonds is 11. The molecule has 1 aromatic carbocycles. The highest BCUT2D eigenvalue weighted by atomic mass is 79.9. The van der Waals surface area contributed by atoms with Crippen molar-refractivity contribution in [1.29, 1.82) is 0 Å². The smallest absolute Gasteiger partial charge is 0.319 e. The molecule has 12 heteroatoms. The number of carbonyl (C=O) groups excluding carboxylic acids is 1. The molecule has 0 atom stereocenters. The number of aromatic amines is 1. The van der Waals surface area contributed by atoms with E-state index in [1.54, 1.807) is 12.5 Å². The van der Waals surface area contributed by atoms with Gasteiger partial charge in [-0.3, -0.25) is 4.90 Å². The first-order valence-electron chi connectivity index (χ1n) is 11.6. The molecule has 0 unspecified atom stereocenters. The molecular weight excluding hydrogens is 514 g/mol. The molecule has 2 aromatic heterocycles. The van der Waals surface area contributed by atoms with Crippen LogP contribution in [0.4, 0.5) is 27.9 Å². The average molecular weight is 544 g/mol. The van der Waals surface area contributed by atoms with E-state index in [0.29, 0.717) is 30.5 Å². The first kappa shape index (κ1) is 24.9. The number of morpholine rings is 1. The van der Waals surface area contributed by atoms with Crippen LogP contribution in [0.1, 0.15) is 12.1 Å². The van der Waals surface area contributed by atoms with E-state index in [4.69, 9.17) is 4.74 Å². The maximum atomic E-state index is 12.3. The van der Waals surface area contributed by atoms with Crippen molar-refractivity contribution in [2.24, 2.45) is 0 Å². The number of ether oxygens (including phenoxy) is 1. The lowest BCUT2D eigenvalue weighted by Crippen LogP contribution is -2.38. The highest BCUT2D eigenvalue weighted by Crippen LogP contribution is 2.23. The van der Waals surface area contributed by atoms with Crippen molar-refractivity contribution in [1.82, 2.24) is 30.2 Å². The Kier molecular flexibility index (Phi) is 9.26. The van der Waals surface area contributed by atoms with Crippen LogP contribution in [0, 0.1) is 0 Å².